The molecule has 0 bridgehead atoms. The molecule has 2 rings (SSSR count). The zero-order valence-corrected chi connectivity index (χ0v) is 10.7. The van der Waals surface area contributed by atoms with Crippen molar-refractivity contribution in [3.8, 4) is 0 Å². The molecule has 5 nitrogen and oxygen atoms in total. The number of hydrogen-bond acceptors (Lipinski definition) is 5. The van der Waals surface area contributed by atoms with Crippen molar-refractivity contribution in [3.63, 3.8) is 0 Å². The largest absolute Gasteiger partial charge is 0.481 e. The molecule has 1 aromatic heterocycles. The Morgan fingerprint density at radius 1 is 1.41 bits per heavy atom. The van der Waals surface area contributed by atoms with E-state index in [1.807, 2.05) is 0 Å². The lowest BCUT2D eigenvalue weighted by Crippen LogP contribution is -2.15. The summed E-state index contributed by atoms with van der Waals surface area (Å²) in [5.41, 5.74) is 1.10. The minimum absolute atomic E-state index is 0.0538. The summed E-state index contributed by atoms with van der Waals surface area (Å²) < 4.78 is 0. The highest BCUT2D eigenvalue weighted by Crippen LogP contribution is 2.30. The number of aliphatic carboxylic acids is 1. The number of aryl methyl sites for hydroxylation is 2. The second-order valence-corrected chi connectivity index (χ2v) is 5.75. The van der Waals surface area contributed by atoms with Crippen molar-refractivity contribution in [1.82, 2.24) is 4.98 Å². The Hall–Kier alpha value is -1.08. The van der Waals surface area contributed by atoms with Gasteiger partial charge in [-0.2, -0.15) is 0 Å². The van der Waals surface area contributed by atoms with Crippen LogP contribution in [0.3, 0.4) is 0 Å². The Morgan fingerprint density at radius 3 is 2.94 bits per heavy atom. The Bertz CT molecular complexity index is 423. The van der Waals surface area contributed by atoms with E-state index >= 15 is 0 Å². The molecule has 0 radical (unpaired) electrons. The van der Waals surface area contributed by atoms with Crippen LogP contribution in [0.4, 0.5) is 5.13 Å². The van der Waals surface area contributed by atoms with E-state index < -0.39 is 5.97 Å². The summed E-state index contributed by atoms with van der Waals surface area (Å²) in [6.07, 6.45) is 3.20. The third kappa shape index (κ3) is 3.44. The first-order chi connectivity index (χ1) is 8.15. The molecule has 0 unspecified atom stereocenters. The SMILES string of the molecule is O=C(O)CSCC(=O)Nc1nc2c(s1)CCC2. The van der Waals surface area contributed by atoms with Crippen molar-refractivity contribution < 1.29 is 14.7 Å². The van der Waals surface area contributed by atoms with Gasteiger partial charge in [-0.25, -0.2) is 4.98 Å². The van der Waals surface area contributed by atoms with Crippen molar-refractivity contribution in [2.45, 2.75) is 19.3 Å². The normalized spacial score (nSPS) is 13.4. The van der Waals surface area contributed by atoms with Crippen molar-refractivity contribution >= 4 is 40.1 Å². The minimum Gasteiger partial charge on any atom is -0.481 e. The van der Waals surface area contributed by atoms with Crippen molar-refractivity contribution in [1.29, 1.82) is 0 Å². The topological polar surface area (TPSA) is 79.3 Å². The number of carboxylic acid groups (broad SMARTS) is 1. The van der Waals surface area contributed by atoms with E-state index in [2.05, 4.69) is 10.3 Å². The quantitative estimate of drug-likeness (QED) is 0.846. The average molecular weight is 272 g/mol. The highest BCUT2D eigenvalue weighted by Gasteiger charge is 2.17. The molecule has 0 spiro atoms. The van der Waals surface area contributed by atoms with Crippen LogP contribution < -0.4 is 5.32 Å². The van der Waals surface area contributed by atoms with Gasteiger partial charge in [0.25, 0.3) is 0 Å². The number of hydrogen-bond donors (Lipinski definition) is 2. The Balaban J connectivity index is 1.79. The zero-order chi connectivity index (χ0) is 12.3. The number of carbonyl (C=O) groups is 2. The van der Waals surface area contributed by atoms with Gasteiger partial charge in [-0.15, -0.1) is 23.1 Å². The number of carbonyl (C=O) groups excluding carboxylic acids is 1. The molecule has 1 heterocycles. The summed E-state index contributed by atoms with van der Waals surface area (Å²) in [5.74, 6) is -1.00. The predicted octanol–water partition coefficient (Wildman–Crippen LogP) is 1.39. The van der Waals surface area contributed by atoms with E-state index in [1.165, 1.54) is 16.2 Å². The third-order valence-electron chi connectivity index (χ3n) is 2.30. The fraction of sp³-hybridized carbons (Fsp3) is 0.500. The molecular weight excluding hydrogens is 260 g/mol. The summed E-state index contributed by atoms with van der Waals surface area (Å²) in [6.45, 7) is 0. The highest BCUT2D eigenvalue weighted by molar-refractivity contribution is 8.00. The maximum atomic E-state index is 11.5. The number of fused-ring (bicyclic) bond motifs is 1. The molecule has 0 atom stereocenters. The van der Waals surface area contributed by atoms with Crippen LogP contribution in [-0.2, 0) is 22.4 Å². The molecule has 0 fully saturated rings. The molecule has 17 heavy (non-hydrogen) atoms. The fourth-order valence-corrected chi connectivity index (χ4v) is 3.23. The van der Waals surface area contributed by atoms with Gasteiger partial charge < -0.3 is 10.4 Å². The van der Waals surface area contributed by atoms with Crippen LogP contribution in [0, 0.1) is 0 Å². The molecule has 2 N–H and O–H groups in total. The van der Waals surface area contributed by atoms with Gasteiger partial charge in [-0.05, 0) is 19.3 Å². The molecule has 0 aromatic carbocycles. The van der Waals surface area contributed by atoms with Gasteiger partial charge in [0.1, 0.15) is 0 Å². The lowest BCUT2D eigenvalue weighted by Gasteiger charge is -2.00. The van der Waals surface area contributed by atoms with Gasteiger partial charge >= 0.3 is 5.97 Å². The summed E-state index contributed by atoms with van der Waals surface area (Å²) in [6, 6.07) is 0. The summed E-state index contributed by atoms with van der Waals surface area (Å²) in [4.78, 5) is 27.3. The second-order valence-electron chi connectivity index (χ2n) is 3.68. The molecule has 1 aliphatic rings. The lowest BCUT2D eigenvalue weighted by atomic mass is 10.4. The van der Waals surface area contributed by atoms with E-state index in [1.54, 1.807) is 0 Å². The van der Waals surface area contributed by atoms with Gasteiger partial charge in [0.05, 0.1) is 17.2 Å². The Labute approximate surface area is 107 Å². The Morgan fingerprint density at radius 2 is 2.24 bits per heavy atom. The molecule has 0 saturated carbocycles. The smallest absolute Gasteiger partial charge is 0.313 e. The van der Waals surface area contributed by atoms with Gasteiger partial charge in [-0.3, -0.25) is 9.59 Å². The van der Waals surface area contributed by atoms with E-state index in [4.69, 9.17) is 5.11 Å². The van der Waals surface area contributed by atoms with Gasteiger partial charge in [0.15, 0.2) is 5.13 Å². The first kappa shape index (κ1) is 12.4. The summed E-state index contributed by atoms with van der Waals surface area (Å²) in [5, 5.41) is 11.8. The molecule has 1 amide bonds. The van der Waals surface area contributed by atoms with Crippen molar-refractivity contribution in [2.75, 3.05) is 16.8 Å². The number of amides is 1. The maximum Gasteiger partial charge on any atom is 0.313 e. The van der Waals surface area contributed by atoms with Crippen LogP contribution in [0.1, 0.15) is 17.0 Å². The van der Waals surface area contributed by atoms with Crippen LogP contribution in [-0.4, -0.2) is 33.5 Å². The first-order valence-electron chi connectivity index (χ1n) is 5.23. The van der Waals surface area contributed by atoms with Crippen molar-refractivity contribution in [3.05, 3.63) is 10.6 Å². The van der Waals surface area contributed by atoms with Crippen LogP contribution in [0.5, 0.6) is 0 Å². The highest BCUT2D eigenvalue weighted by atomic mass is 32.2. The van der Waals surface area contributed by atoms with E-state index in [-0.39, 0.29) is 17.4 Å². The zero-order valence-electron chi connectivity index (χ0n) is 9.06. The number of thiazole rings is 1. The van der Waals surface area contributed by atoms with Crippen molar-refractivity contribution in [2.24, 2.45) is 0 Å². The molecule has 92 valence electrons. The monoisotopic (exact) mass is 272 g/mol. The van der Waals surface area contributed by atoms with Crippen LogP contribution in [0.2, 0.25) is 0 Å². The molecule has 7 heteroatoms. The molecule has 0 saturated heterocycles. The number of nitrogens with zero attached hydrogens (tertiary/aromatic N) is 1. The molecule has 0 aliphatic heterocycles. The summed E-state index contributed by atoms with van der Waals surface area (Å²) >= 11 is 2.61. The number of rotatable bonds is 5. The molecule has 1 aliphatic carbocycles. The molecular formula is C10H12N2O3S2. The first-order valence-corrected chi connectivity index (χ1v) is 7.20. The average Bonchev–Trinajstić information content (AvgIpc) is 2.76. The van der Waals surface area contributed by atoms with Crippen LogP contribution in [0.25, 0.3) is 0 Å². The molecule has 1 aromatic rings. The number of thioether (sulfide) groups is 1. The number of nitrogens with one attached hydrogen (secondary N) is 1. The standard InChI is InChI=1S/C10H12N2O3S2/c13-8(4-16-5-9(14)15)12-10-11-6-2-1-3-7(6)17-10/h1-5H2,(H,14,15)(H,11,12,13). The van der Waals surface area contributed by atoms with Gasteiger partial charge in [0, 0.05) is 4.88 Å². The lowest BCUT2D eigenvalue weighted by molar-refractivity contribution is -0.133. The fourth-order valence-electron chi connectivity index (χ4n) is 1.63. The number of aromatic nitrogens is 1. The maximum absolute atomic E-state index is 11.5. The third-order valence-corrected chi connectivity index (χ3v) is 4.29. The predicted molar refractivity (Wildman–Crippen MR) is 67.7 cm³/mol. The van der Waals surface area contributed by atoms with E-state index in [9.17, 15) is 9.59 Å². The van der Waals surface area contributed by atoms with E-state index in [0.717, 1.165) is 36.7 Å². The summed E-state index contributed by atoms with van der Waals surface area (Å²) in [7, 11) is 0. The van der Waals surface area contributed by atoms with Gasteiger partial charge in [-0.1, -0.05) is 0 Å². The number of anilines is 1. The van der Waals surface area contributed by atoms with E-state index in [0.29, 0.717) is 5.13 Å². The Kier molecular flexibility index (Phi) is 4.01. The minimum atomic E-state index is -0.906. The second kappa shape index (κ2) is 5.50. The van der Waals surface area contributed by atoms with Gasteiger partial charge in [0.2, 0.25) is 5.91 Å². The van der Waals surface area contributed by atoms with Crippen LogP contribution >= 0.6 is 23.1 Å². The number of carboxylic acids is 1. The van der Waals surface area contributed by atoms with Crippen LogP contribution in [0.15, 0.2) is 0 Å².